The normalized spacial score (nSPS) is 22.6. The van der Waals surface area contributed by atoms with Crippen molar-refractivity contribution in [3.63, 3.8) is 0 Å². The molecule has 1 fully saturated rings. The zero-order valence-corrected chi connectivity index (χ0v) is 8.59. The molecule has 1 aliphatic rings. The van der Waals surface area contributed by atoms with Gasteiger partial charge in [-0.3, -0.25) is 9.59 Å². The number of ether oxygens (including phenoxy) is 1. The van der Waals surface area contributed by atoms with Crippen LogP contribution in [0, 0.1) is 5.92 Å². The fourth-order valence-corrected chi connectivity index (χ4v) is 1.54. The Labute approximate surface area is 86.8 Å². The van der Waals surface area contributed by atoms with E-state index in [-0.39, 0.29) is 12.2 Å². The van der Waals surface area contributed by atoms with Crippen LogP contribution < -0.4 is 0 Å². The van der Waals surface area contributed by atoms with Crippen molar-refractivity contribution in [2.24, 2.45) is 5.92 Å². The molecule has 0 aromatic rings. The first-order chi connectivity index (χ1) is 6.88. The molecule has 0 radical (unpaired) electrons. The summed E-state index contributed by atoms with van der Waals surface area (Å²) in [6, 6.07) is 0. The highest BCUT2D eigenvalue weighted by Crippen LogP contribution is 2.23. The van der Waals surface area contributed by atoms with Crippen molar-refractivity contribution in [1.82, 2.24) is 0 Å². The molecular weight excluding hydrogens is 206 g/mol. The van der Waals surface area contributed by atoms with Crippen LogP contribution in [0.3, 0.4) is 0 Å². The molecule has 0 N–H and O–H groups in total. The Hall–Kier alpha value is -1.00. The average Bonchev–Trinajstić information content (AvgIpc) is 2.13. The quantitative estimate of drug-likeness (QED) is 0.683. The van der Waals surface area contributed by atoms with Crippen LogP contribution in [-0.4, -0.2) is 24.3 Å². The van der Waals surface area contributed by atoms with Gasteiger partial charge >= 0.3 is 5.97 Å². The zero-order chi connectivity index (χ0) is 11.5. The van der Waals surface area contributed by atoms with E-state index in [0.29, 0.717) is 26.2 Å². The number of rotatable bonds is 3. The minimum Gasteiger partial charge on any atom is -0.459 e. The molecule has 1 saturated carbocycles. The van der Waals surface area contributed by atoms with Crippen molar-refractivity contribution in [3.05, 3.63) is 0 Å². The van der Waals surface area contributed by atoms with E-state index in [1.807, 2.05) is 0 Å². The van der Waals surface area contributed by atoms with Gasteiger partial charge < -0.3 is 4.74 Å². The van der Waals surface area contributed by atoms with Gasteiger partial charge in [0.15, 0.2) is 6.61 Å². The van der Waals surface area contributed by atoms with Crippen LogP contribution in [-0.2, 0) is 14.3 Å². The Balaban J connectivity index is 2.36. The van der Waals surface area contributed by atoms with Crippen molar-refractivity contribution in [3.8, 4) is 0 Å². The maximum atomic E-state index is 12.4. The van der Waals surface area contributed by atoms with Gasteiger partial charge in [0.25, 0.3) is 5.92 Å². The summed E-state index contributed by atoms with van der Waals surface area (Å²) in [6.07, 6.45) is 1.81. The number of Topliss-reactive ketones (excluding diaryl/α,β-unsaturated/α-hetero) is 1. The predicted molar refractivity (Wildman–Crippen MR) is 48.5 cm³/mol. The second-order valence-corrected chi connectivity index (χ2v) is 4.01. The average molecular weight is 220 g/mol. The molecule has 0 aromatic carbocycles. The molecule has 0 amide bonds. The Bertz CT molecular complexity index is 258. The molecule has 3 nitrogen and oxygen atoms in total. The van der Waals surface area contributed by atoms with Crippen molar-refractivity contribution in [1.29, 1.82) is 0 Å². The van der Waals surface area contributed by atoms with Crippen LogP contribution in [0.1, 0.15) is 32.6 Å². The molecule has 0 saturated heterocycles. The van der Waals surface area contributed by atoms with Gasteiger partial charge in [0.1, 0.15) is 5.78 Å². The molecule has 1 atom stereocenters. The standard InChI is InChI=1S/C10H14F2O3/c1-10(11,12)6-15-9(14)7-3-2-4-8(13)5-7/h7H,2-6H2,1H3. The summed E-state index contributed by atoms with van der Waals surface area (Å²) in [5.74, 6) is -4.20. The second-order valence-electron chi connectivity index (χ2n) is 4.01. The lowest BCUT2D eigenvalue weighted by molar-refractivity contribution is -0.160. The van der Waals surface area contributed by atoms with E-state index in [1.54, 1.807) is 0 Å². The molecule has 0 bridgehead atoms. The summed E-state index contributed by atoms with van der Waals surface area (Å²) in [4.78, 5) is 22.3. The summed E-state index contributed by atoms with van der Waals surface area (Å²) in [6.45, 7) is -0.219. The van der Waals surface area contributed by atoms with Gasteiger partial charge in [-0.15, -0.1) is 0 Å². The summed E-state index contributed by atoms with van der Waals surface area (Å²) >= 11 is 0. The van der Waals surface area contributed by atoms with Gasteiger partial charge in [-0.1, -0.05) is 0 Å². The van der Waals surface area contributed by atoms with Crippen LogP contribution in [0.5, 0.6) is 0 Å². The van der Waals surface area contributed by atoms with Crippen LogP contribution in [0.2, 0.25) is 0 Å². The van der Waals surface area contributed by atoms with Crippen LogP contribution in [0.15, 0.2) is 0 Å². The number of carbonyl (C=O) groups is 2. The molecule has 0 heterocycles. The lowest BCUT2D eigenvalue weighted by Gasteiger charge is -2.20. The van der Waals surface area contributed by atoms with E-state index in [2.05, 4.69) is 4.74 Å². The fraction of sp³-hybridized carbons (Fsp3) is 0.800. The number of hydrogen-bond acceptors (Lipinski definition) is 3. The molecular formula is C10H14F2O3. The van der Waals surface area contributed by atoms with E-state index < -0.39 is 24.4 Å². The third-order valence-corrected chi connectivity index (χ3v) is 2.28. The summed E-state index contributed by atoms with van der Waals surface area (Å²) in [7, 11) is 0. The molecule has 0 aliphatic heterocycles. The summed E-state index contributed by atoms with van der Waals surface area (Å²) < 4.78 is 29.2. The lowest BCUT2D eigenvalue weighted by atomic mass is 9.88. The fourth-order valence-electron chi connectivity index (χ4n) is 1.54. The van der Waals surface area contributed by atoms with E-state index in [9.17, 15) is 18.4 Å². The molecule has 1 unspecified atom stereocenters. The maximum Gasteiger partial charge on any atom is 0.309 e. The van der Waals surface area contributed by atoms with Crippen molar-refractivity contribution in [2.45, 2.75) is 38.5 Å². The minimum absolute atomic E-state index is 0.00598. The SMILES string of the molecule is CC(F)(F)COC(=O)C1CCCC(=O)C1. The first-order valence-electron chi connectivity index (χ1n) is 4.94. The van der Waals surface area contributed by atoms with E-state index >= 15 is 0 Å². The summed E-state index contributed by atoms with van der Waals surface area (Å²) in [5, 5.41) is 0. The van der Waals surface area contributed by atoms with Gasteiger partial charge in [-0.2, -0.15) is 0 Å². The predicted octanol–water partition coefficient (Wildman–Crippen LogP) is 1.94. The topological polar surface area (TPSA) is 43.4 Å². The molecule has 0 aromatic heterocycles. The lowest BCUT2D eigenvalue weighted by Crippen LogP contribution is -2.29. The molecule has 1 rings (SSSR count). The van der Waals surface area contributed by atoms with E-state index in [4.69, 9.17) is 0 Å². The van der Waals surface area contributed by atoms with Crippen LogP contribution >= 0.6 is 0 Å². The highest BCUT2D eigenvalue weighted by atomic mass is 19.3. The van der Waals surface area contributed by atoms with Crippen molar-refractivity contribution < 1.29 is 23.1 Å². The summed E-state index contributed by atoms with van der Waals surface area (Å²) in [5.41, 5.74) is 0. The van der Waals surface area contributed by atoms with Crippen LogP contribution in [0.4, 0.5) is 8.78 Å². The Kier molecular flexibility index (Phi) is 3.77. The highest BCUT2D eigenvalue weighted by Gasteiger charge is 2.30. The number of alkyl halides is 2. The van der Waals surface area contributed by atoms with Gasteiger partial charge in [-0.25, -0.2) is 8.78 Å². The Morgan fingerprint density at radius 3 is 2.80 bits per heavy atom. The van der Waals surface area contributed by atoms with Crippen molar-refractivity contribution >= 4 is 11.8 Å². The van der Waals surface area contributed by atoms with Gasteiger partial charge in [-0.05, 0) is 12.8 Å². The molecule has 15 heavy (non-hydrogen) atoms. The minimum atomic E-state index is -3.01. The van der Waals surface area contributed by atoms with Gasteiger partial charge in [0.05, 0.1) is 5.92 Å². The monoisotopic (exact) mass is 220 g/mol. The highest BCUT2D eigenvalue weighted by molar-refractivity contribution is 5.85. The number of ketones is 1. The van der Waals surface area contributed by atoms with E-state index in [0.717, 1.165) is 0 Å². The van der Waals surface area contributed by atoms with E-state index in [1.165, 1.54) is 0 Å². The van der Waals surface area contributed by atoms with Gasteiger partial charge in [0, 0.05) is 19.8 Å². The zero-order valence-electron chi connectivity index (χ0n) is 8.59. The molecule has 86 valence electrons. The smallest absolute Gasteiger partial charge is 0.309 e. The number of halogens is 2. The Morgan fingerprint density at radius 1 is 1.60 bits per heavy atom. The number of hydrogen-bond donors (Lipinski definition) is 0. The third-order valence-electron chi connectivity index (χ3n) is 2.28. The largest absolute Gasteiger partial charge is 0.459 e. The first-order valence-corrected chi connectivity index (χ1v) is 4.94. The maximum absolute atomic E-state index is 12.4. The molecule has 5 heteroatoms. The number of carbonyl (C=O) groups excluding carboxylic acids is 2. The van der Waals surface area contributed by atoms with Crippen LogP contribution in [0.25, 0.3) is 0 Å². The van der Waals surface area contributed by atoms with Gasteiger partial charge in [0.2, 0.25) is 0 Å². The second kappa shape index (κ2) is 4.68. The van der Waals surface area contributed by atoms with Crippen molar-refractivity contribution in [2.75, 3.05) is 6.61 Å². The molecule has 1 aliphatic carbocycles. The Morgan fingerprint density at radius 2 is 2.27 bits per heavy atom. The first kappa shape index (κ1) is 12.1. The third kappa shape index (κ3) is 4.36. The molecule has 0 spiro atoms. The number of esters is 1.